The van der Waals surface area contributed by atoms with Crippen molar-refractivity contribution in [2.45, 2.75) is 12.8 Å². The number of methoxy groups -OCH3 is 1. The minimum absolute atomic E-state index is 0.000579. The van der Waals surface area contributed by atoms with E-state index in [-0.39, 0.29) is 11.3 Å². The highest BCUT2D eigenvalue weighted by Crippen LogP contribution is 2.26. The minimum Gasteiger partial charge on any atom is -0.497 e. The van der Waals surface area contributed by atoms with Crippen molar-refractivity contribution in [1.29, 1.82) is 0 Å². The Kier molecular flexibility index (Phi) is 4.00. The third-order valence-electron chi connectivity index (χ3n) is 1.83. The summed E-state index contributed by atoms with van der Waals surface area (Å²) in [6.45, 7) is -1.79. The average molecular weight is 236 g/mol. The van der Waals surface area contributed by atoms with E-state index in [0.717, 1.165) is 0 Å². The highest BCUT2D eigenvalue weighted by molar-refractivity contribution is 5.39. The SMILES string of the molecule is COc1ccc(OCC(F)(F)F)c(CO)c1. The molecule has 6 heteroatoms. The Balaban J connectivity index is 2.79. The molecular weight excluding hydrogens is 225 g/mol. The van der Waals surface area contributed by atoms with Crippen LogP contribution in [0.3, 0.4) is 0 Å². The molecule has 0 atom stereocenters. The molecule has 0 fully saturated rings. The van der Waals surface area contributed by atoms with Crippen LogP contribution in [0.15, 0.2) is 18.2 Å². The van der Waals surface area contributed by atoms with Crippen LogP contribution in [-0.2, 0) is 6.61 Å². The number of halogens is 3. The van der Waals surface area contributed by atoms with Gasteiger partial charge in [-0.2, -0.15) is 13.2 Å². The fourth-order valence-electron chi connectivity index (χ4n) is 1.11. The number of rotatable bonds is 4. The predicted molar refractivity (Wildman–Crippen MR) is 50.5 cm³/mol. The van der Waals surface area contributed by atoms with E-state index < -0.39 is 19.4 Å². The van der Waals surface area contributed by atoms with E-state index in [1.54, 1.807) is 0 Å². The Morgan fingerprint density at radius 1 is 1.31 bits per heavy atom. The van der Waals surface area contributed by atoms with Crippen molar-refractivity contribution >= 4 is 0 Å². The first kappa shape index (κ1) is 12.6. The number of alkyl halides is 3. The quantitative estimate of drug-likeness (QED) is 0.870. The highest BCUT2D eigenvalue weighted by atomic mass is 19.4. The third kappa shape index (κ3) is 3.62. The molecule has 0 bridgehead atoms. The van der Waals surface area contributed by atoms with Gasteiger partial charge in [0.25, 0.3) is 0 Å². The second-order valence-electron chi connectivity index (χ2n) is 3.04. The molecule has 0 aliphatic carbocycles. The lowest BCUT2D eigenvalue weighted by atomic mass is 10.2. The summed E-state index contributed by atoms with van der Waals surface area (Å²) >= 11 is 0. The van der Waals surface area contributed by atoms with Crippen molar-refractivity contribution in [2.75, 3.05) is 13.7 Å². The van der Waals surface area contributed by atoms with Gasteiger partial charge in [0.15, 0.2) is 6.61 Å². The van der Waals surface area contributed by atoms with Gasteiger partial charge in [0.05, 0.1) is 13.7 Å². The van der Waals surface area contributed by atoms with Gasteiger partial charge in [-0.1, -0.05) is 0 Å². The van der Waals surface area contributed by atoms with Gasteiger partial charge in [-0.3, -0.25) is 0 Å². The number of hydrogen-bond acceptors (Lipinski definition) is 3. The summed E-state index contributed by atoms with van der Waals surface area (Å²) in [6, 6.07) is 4.21. The second kappa shape index (κ2) is 5.07. The first-order chi connectivity index (χ1) is 7.46. The van der Waals surface area contributed by atoms with E-state index in [4.69, 9.17) is 9.84 Å². The summed E-state index contributed by atoms with van der Waals surface area (Å²) in [6.07, 6.45) is -4.40. The fourth-order valence-corrected chi connectivity index (χ4v) is 1.11. The molecule has 3 nitrogen and oxygen atoms in total. The molecule has 16 heavy (non-hydrogen) atoms. The predicted octanol–water partition coefficient (Wildman–Crippen LogP) is 2.13. The summed E-state index contributed by atoms with van der Waals surface area (Å²) in [5.41, 5.74) is 0.253. The number of aliphatic hydroxyl groups is 1. The molecule has 0 saturated carbocycles. The Bertz CT molecular complexity index is 350. The van der Waals surface area contributed by atoms with Crippen molar-refractivity contribution < 1.29 is 27.8 Å². The molecule has 90 valence electrons. The lowest BCUT2D eigenvalue weighted by Gasteiger charge is -2.12. The van der Waals surface area contributed by atoms with Gasteiger partial charge < -0.3 is 14.6 Å². The van der Waals surface area contributed by atoms with Gasteiger partial charge in [0.2, 0.25) is 0 Å². The fraction of sp³-hybridized carbons (Fsp3) is 0.400. The number of benzene rings is 1. The van der Waals surface area contributed by atoms with Gasteiger partial charge in [0, 0.05) is 5.56 Å². The smallest absolute Gasteiger partial charge is 0.422 e. The van der Waals surface area contributed by atoms with Gasteiger partial charge in [0.1, 0.15) is 11.5 Å². The van der Waals surface area contributed by atoms with Crippen LogP contribution in [0.4, 0.5) is 13.2 Å². The molecule has 1 aromatic carbocycles. The summed E-state index contributed by atoms with van der Waals surface area (Å²) < 4.78 is 45.2. The molecule has 0 aliphatic heterocycles. The lowest BCUT2D eigenvalue weighted by Crippen LogP contribution is -2.19. The molecule has 1 aromatic rings. The number of aliphatic hydroxyl groups excluding tert-OH is 1. The van der Waals surface area contributed by atoms with Crippen LogP contribution >= 0.6 is 0 Å². The van der Waals surface area contributed by atoms with E-state index in [1.807, 2.05) is 0 Å². The van der Waals surface area contributed by atoms with Crippen molar-refractivity contribution in [1.82, 2.24) is 0 Å². The zero-order valence-electron chi connectivity index (χ0n) is 8.54. The van der Waals surface area contributed by atoms with Gasteiger partial charge >= 0.3 is 6.18 Å². The average Bonchev–Trinajstić information content (AvgIpc) is 2.25. The first-order valence-corrected chi connectivity index (χ1v) is 4.43. The maximum Gasteiger partial charge on any atom is 0.422 e. The van der Waals surface area contributed by atoms with Crippen LogP contribution in [0.1, 0.15) is 5.56 Å². The first-order valence-electron chi connectivity index (χ1n) is 4.43. The maximum atomic E-state index is 11.9. The molecule has 0 radical (unpaired) electrons. The molecule has 0 unspecified atom stereocenters. The van der Waals surface area contributed by atoms with Crippen molar-refractivity contribution in [3.8, 4) is 11.5 Å². The Morgan fingerprint density at radius 2 is 2.00 bits per heavy atom. The van der Waals surface area contributed by atoms with Crippen molar-refractivity contribution in [3.05, 3.63) is 23.8 Å². The van der Waals surface area contributed by atoms with Crippen LogP contribution in [0.2, 0.25) is 0 Å². The maximum absolute atomic E-state index is 11.9. The van der Waals surface area contributed by atoms with Crippen molar-refractivity contribution in [3.63, 3.8) is 0 Å². The van der Waals surface area contributed by atoms with Crippen LogP contribution in [0.25, 0.3) is 0 Å². The van der Waals surface area contributed by atoms with E-state index >= 15 is 0 Å². The molecule has 0 aliphatic rings. The second-order valence-corrected chi connectivity index (χ2v) is 3.04. The summed E-state index contributed by atoms with van der Waals surface area (Å²) in [4.78, 5) is 0. The number of ether oxygens (including phenoxy) is 2. The van der Waals surface area contributed by atoms with E-state index in [2.05, 4.69) is 4.74 Å². The number of hydrogen-bond donors (Lipinski definition) is 1. The molecule has 0 heterocycles. The molecule has 1 rings (SSSR count). The monoisotopic (exact) mass is 236 g/mol. The minimum atomic E-state index is -4.40. The van der Waals surface area contributed by atoms with E-state index in [0.29, 0.717) is 5.75 Å². The van der Waals surface area contributed by atoms with Gasteiger partial charge in [-0.15, -0.1) is 0 Å². The standard InChI is InChI=1S/C10H11F3O3/c1-15-8-2-3-9(7(4-8)5-14)16-6-10(11,12)13/h2-4,14H,5-6H2,1H3. The normalized spacial score (nSPS) is 11.3. The van der Waals surface area contributed by atoms with E-state index in [1.165, 1.54) is 25.3 Å². The molecule has 0 amide bonds. The zero-order valence-corrected chi connectivity index (χ0v) is 8.54. The highest BCUT2D eigenvalue weighted by Gasteiger charge is 2.28. The van der Waals surface area contributed by atoms with Crippen molar-refractivity contribution in [2.24, 2.45) is 0 Å². The van der Waals surface area contributed by atoms with Crippen LogP contribution < -0.4 is 9.47 Å². The molecular formula is C10H11F3O3. The largest absolute Gasteiger partial charge is 0.497 e. The van der Waals surface area contributed by atoms with Gasteiger partial charge in [-0.05, 0) is 18.2 Å². The van der Waals surface area contributed by atoms with Gasteiger partial charge in [-0.25, -0.2) is 0 Å². The summed E-state index contributed by atoms with van der Waals surface area (Å²) in [5, 5.41) is 8.95. The Labute approximate surface area is 90.4 Å². The summed E-state index contributed by atoms with van der Waals surface area (Å²) in [7, 11) is 1.42. The molecule has 1 N–H and O–H groups in total. The topological polar surface area (TPSA) is 38.7 Å². The Hall–Kier alpha value is -1.43. The molecule has 0 spiro atoms. The molecule has 0 aromatic heterocycles. The van der Waals surface area contributed by atoms with Crippen LogP contribution in [0.5, 0.6) is 11.5 Å². The van der Waals surface area contributed by atoms with Crippen LogP contribution in [-0.4, -0.2) is 25.0 Å². The zero-order chi connectivity index (χ0) is 12.2. The van der Waals surface area contributed by atoms with Crippen LogP contribution in [0, 0.1) is 0 Å². The van der Waals surface area contributed by atoms with E-state index in [9.17, 15) is 13.2 Å². The lowest BCUT2D eigenvalue weighted by molar-refractivity contribution is -0.153. The molecule has 0 saturated heterocycles. The summed E-state index contributed by atoms with van der Waals surface area (Å²) in [5.74, 6) is 0.448. The Morgan fingerprint density at radius 3 is 2.50 bits per heavy atom. The third-order valence-corrected chi connectivity index (χ3v) is 1.83.